The molecule has 3 heteroatoms. The zero-order valence-corrected chi connectivity index (χ0v) is 12.9. The van der Waals surface area contributed by atoms with Gasteiger partial charge in [-0.15, -0.1) is 0 Å². The summed E-state index contributed by atoms with van der Waals surface area (Å²) >= 11 is 0. The number of aryl methyl sites for hydroxylation is 2. The van der Waals surface area contributed by atoms with E-state index in [-0.39, 0.29) is 0 Å². The molecule has 0 saturated heterocycles. The van der Waals surface area contributed by atoms with Crippen LogP contribution >= 0.6 is 0 Å². The second-order valence-electron chi connectivity index (χ2n) is 6.00. The standard InChI is InChI=1S/C20H15F2N/c1-12-3-5-19-17(7-12)18-8-13(2)4-6-20(18)23(19)16-10-14(21)9-15(22)11-16/h3-11H,1-2H3. The lowest BCUT2D eigenvalue weighted by atomic mass is 10.1. The number of nitrogens with zero attached hydrogens (tertiary/aromatic N) is 1. The van der Waals surface area contributed by atoms with Crippen LogP contribution in [0.25, 0.3) is 27.5 Å². The van der Waals surface area contributed by atoms with Crippen LogP contribution in [0, 0.1) is 25.5 Å². The van der Waals surface area contributed by atoms with Crippen molar-refractivity contribution in [2.75, 3.05) is 0 Å². The molecule has 4 rings (SSSR count). The molecule has 0 N–H and O–H groups in total. The maximum Gasteiger partial charge on any atom is 0.128 e. The predicted octanol–water partition coefficient (Wildman–Crippen LogP) is 5.68. The Labute approximate surface area is 132 Å². The van der Waals surface area contributed by atoms with Crippen molar-refractivity contribution in [3.8, 4) is 5.69 Å². The van der Waals surface area contributed by atoms with Gasteiger partial charge < -0.3 is 4.57 Å². The van der Waals surface area contributed by atoms with Crippen LogP contribution in [-0.4, -0.2) is 4.57 Å². The van der Waals surface area contributed by atoms with Crippen molar-refractivity contribution in [3.05, 3.63) is 77.4 Å². The minimum Gasteiger partial charge on any atom is -0.309 e. The van der Waals surface area contributed by atoms with Crippen LogP contribution in [0.3, 0.4) is 0 Å². The fourth-order valence-corrected chi connectivity index (χ4v) is 3.20. The van der Waals surface area contributed by atoms with E-state index in [0.717, 1.165) is 39.0 Å². The number of benzene rings is 3. The number of fused-ring (bicyclic) bond motifs is 3. The topological polar surface area (TPSA) is 4.93 Å². The minimum atomic E-state index is -0.575. The summed E-state index contributed by atoms with van der Waals surface area (Å²) in [6, 6.07) is 15.9. The highest BCUT2D eigenvalue weighted by atomic mass is 19.1. The fraction of sp³-hybridized carbons (Fsp3) is 0.100. The Morgan fingerprint density at radius 1 is 0.652 bits per heavy atom. The van der Waals surface area contributed by atoms with Gasteiger partial charge in [0.15, 0.2) is 0 Å². The summed E-state index contributed by atoms with van der Waals surface area (Å²) in [7, 11) is 0. The lowest BCUT2D eigenvalue weighted by Crippen LogP contribution is -1.96. The summed E-state index contributed by atoms with van der Waals surface area (Å²) in [5, 5.41) is 2.18. The molecular weight excluding hydrogens is 292 g/mol. The third-order valence-corrected chi connectivity index (χ3v) is 4.18. The molecule has 0 aliphatic heterocycles. The maximum atomic E-state index is 13.7. The fourth-order valence-electron chi connectivity index (χ4n) is 3.20. The van der Waals surface area contributed by atoms with E-state index in [9.17, 15) is 8.78 Å². The molecule has 0 unspecified atom stereocenters. The van der Waals surface area contributed by atoms with Gasteiger partial charge in [0.25, 0.3) is 0 Å². The number of halogens is 2. The highest BCUT2D eigenvalue weighted by Gasteiger charge is 2.13. The van der Waals surface area contributed by atoms with Gasteiger partial charge in [-0.2, -0.15) is 0 Å². The summed E-state index contributed by atoms with van der Waals surface area (Å²) in [5.41, 5.74) is 4.70. The number of hydrogen-bond donors (Lipinski definition) is 0. The van der Waals surface area contributed by atoms with Crippen LogP contribution in [-0.2, 0) is 0 Å². The van der Waals surface area contributed by atoms with Crippen molar-refractivity contribution in [2.24, 2.45) is 0 Å². The first-order valence-electron chi connectivity index (χ1n) is 7.51. The molecule has 23 heavy (non-hydrogen) atoms. The first-order valence-corrected chi connectivity index (χ1v) is 7.51. The molecule has 0 amide bonds. The molecule has 1 aromatic heterocycles. The van der Waals surface area contributed by atoms with Crippen molar-refractivity contribution in [3.63, 3.8) is 0 Å². The van der Waals surface area contributed by atoms with Crippen molar-refractivity contribution in [2.45, 2.75) is 13.8 Å². The third-order valence-electron chi connectivity index (χ3n) is 4.18. The molecule has 0 saturated carbocycles. The second-order valence-corrected chi connectivity index (χ2v) is 6.00. The van der Waals surface area contributed by atoms with E-state index >= 15 is 0 Å². The van der Waals surface area contributed by atoms with Crippen molar-refractivity contribution < 1.29 is 8.78 Å². The molecule has 0 aliphatic carbocycles. The minimum absolute atomic E-state index is 0.496. The Morgan fingerprint density at radius 2 is 1.13 bits per heavy atom. The first-order chi connectivity index (χ1) is 11.0. The Bertz CT molecular complexity index is 981. The van der Waals surface area contributed by atoms with E-state index in [1.54, 1.807) is 0 Å². The summed E-state index contributed by atoms with van der Waals surface area (Å²) in [5.74, 6) is -1.15. The van der Waals surface area contributed by atoms with Crippen LogP contribution < -0.4 is 0 Å². The summed E-state index contributed by atoms with van der Waals surface area (Å²) in [4.78, 5) is 0. The van der Waals surface area contributed by atoms with E-state index in [1.807, 2.05) is 42.7 Å². The van der Waals surface area contributed by atoms with Gasteiger partial charge in [-0.25, -0.2) is 8.78 Å². The molecule has 4 aromatic rings. The number of aromatic nitrogens is 1. The van der Waals surface area contributed by atoms with Crippen LogP contribution in [0.5, 0.6) is 0 Å². The molecule has 0 atom stereocenters. The molecule has 0 spiro atoms. The molecule has 0 fully saturated rings. The van der Waals surface area contributed by atoms with Crippen LogP contribution in [0.15, 0.2) is 54.6 Å². The average molecular weight is 307 g/mol. The highest BCUT2D eigenvalue weighted by Crippen LogP contribution is 2.33. The Kier molecular flexibility index (Phi) is 2.98. The second kappa shape index (κ2) is 4.92. The highest BCUT2D eigenvalue weighted by molar-refractivity contribution is 6.09. The normalized spacial score (nSPS) is 11.5. The van der Waals surface area contributed by atoms with Gasteiger partial charge in [0.2, 0.25) is 0 Å². The summed E-state index contributed by atoms with van der Waals surface area (Å²) < 4.78 is 29.3. The van der Waals surface area contributed by atoms with Gasteiger partial charge in [0.05, 0.1) is 16.7 Å². The molecule has 1 heterocycles. The zero-order valence-electron chi connectivity index (χ0n) is 12.9. The van der Waals surface area contributed by atoms with E-state index in [0.29, 0.717) is 5.69 Å². The zero-order chi connectivity index (χ0) is 16.1. The Hall–Kier alpha value is -2.68. The SMILES string of the molecule is Cc1ccc2c(c1)c1cc(C)ccc1n2-c1cc(F)cc(F)c1. The largest absolute Gasteiger partial charge is 0.309 e. The maximum absolute atomic E-state index is 13.7. The van der Waals surface area contributed by atoms with Crippen LogP contribution in [0.4, 0.5) is 8.78 Å². The molecule has 3 aromatic carbocycles. The Balaban J connectivity index is 2.19. The lowest BCUT2D eigenvalue weighted by Gasteiger charge is -2.08. The van der Waals surface area contributed by atoms with Gasteiger partial charge >= 0.3 is 0 Å². The van der Waals surface area contributed by atoms with E-state index < -0.39 is 11.6 Å². The van der Waals surface area contributed by atoms with Crippen molar-refractivity contribution in [1.29, 1.82) is 0 Å². The van der Waals surface area contributed by atoms with Crippen molar-refractivity contribution >= 4 is 21.8 Å². The molecule has 0 radical (unpaired) electrons. The van der Waals surface area contributed by atoms with E-state index in [1.165, 1.54) is 12.1 Å². The van der Waals surface area contributed by atoms with Gasteiger partial charge in [0.1, 0.15) is 11.6 Å². The van der Waals surface area contributed by atoms with Gasteiger partial charge in [-0.05, 0) is 50.2 Å². The molecule has 0 bridgehead atoms. The number of rotatable bonds is 1. The summed E-state index contributed by atoms with van der Waals surface area (Å²) in [6.45, 7) is 4.08. The molecular formula is C20H15F2N. The predicted molar refractivity (Wildman–Crippen MR) is 90.2 cm³/mol. The molecule has 0 aliphatic rings. The summed E-state index contributed by atoms with van der Waals surface area (Å²) in [6.07, 6.45) is 0. The van der Waals surface area contributed by atoms with Gasteiger partial charge in [0, 0.05) is 16.8 Å². The molecule has 1 nitrogen and oxygen atoms in total. The lowest BCUT2D eigenvalue weighted by molar-refractivity contribution is 0.582. The first kappa shape index (κ1) is 13.9. The van der Waals surface area contributed by atoms with E-state index in [2.05, 4.69) is 12.1 Å². The smallest absolute Gasteiger partial charge is 0.128 e. The number of hydrogen-bond acceptors (Lipinski definition) is 0. The average Bonchev–Trinajstić information content (AvgIpc) is 2.79. The third kappa shape index (κ3) is 2.20. The van der Waals surface area contributed by atoms with Gasteiger partial charge in [-0.3, -0.25) is 0 Å². The molecule has 114 valence electrons. The van der Waals surface area contributed by atoms with E-state index in [4.69, 9.17) is 0 Å². The quantitative estimate of drug-likeness (QED) is 0.426. The van der Waals surface area contributed by atoms with Gasteiger partial charge in [-0.1, -0.05) is 23.3 Å². The monoisotopic (exact) mass is 307 g/mol. The Morgan fingerprint density at radius 3 is 1.61 bits per heavy atom. The van der Waals surface area contributed by atoms with Crippen LogP contribution in [0.2, 0.25) is 0 Å². The van der Waals surface area contributed by atoms with Crippen molar-refractivity contribution in [1.82, 2.24) is 4.57 Å². The van der Waals surface area contributed by atoms with Crippen LogP contribution in [0.1, 0.15) is 11.1 Å².